The highest BCUT2D eigenvalue weighted by Crippen LogP contribution is 2.42. The van der Waals surface area contributed by atoms with Gasteiger partial charge in [-0.25, -0.2) is 0 Å². The Morgan fingerprint density at radius 2 is 1.95 bits per heavy atom. The Balaban J connectivity index is 1.89. The van der Waals surface area contributed by atoms with E-state index in [4.69, 9.17) is 9.84 Å². The highest BCUT2D eigenvalue weighted by Gasteiger charge is 2.37. The molecule has 1 amide bonds. The van der Waals surface area contributed by atoms with E-state index in [1.807, 2.05) is 6.92 Å². The summed E-state index contributed by atoms with van der Waals surface area (Å²) in [6, 6.07) is 0.173. The van der Waals surface area contributed by atoms with Gasteiger partial charge in [0.2, 0.25) is 5.91 Å². The number of rotatable bonds is 5. The summed E-state index contributed by atoms with van der Waals surface area (Å²) in [6.45, 7) is 2.71. The van der Waals surface area contributed by atoms with Crippen LogP contribution in [0.1, 0.15) is 64.7 Å². The van der Waals surface area contributed by atoms with Gasteiger partial charge in [0.15, 0.2) is 0 Å². The summed E-state index contributed by atoms with van der Waals surface area (Å²) in [5.74, 6) is -0.776. The van der Waals surface area contributed by atoms with E-state index in [2.05, 4.69) is 5.32 Å². The lowest BCUT2D eigenvalue weighted by atomic mass is 9.69. The van der Waals surface area contributed by atoms with Gasteiger partial charge in [-0.2, -0.15) is 0 Å². The Hall–Kier alpha value is -1.10. The Kier molecular flexibility index (Phi) is 5.62. The van der Waals surface area contributed by atoms with Gasteiger partial charge in [-0.3, -0.25) is 9.59 Å². The van der Waals surface area contributed by atoms with Gasteiger partial charge >= 0.3 is 5.97 Å². The molecule has 2 aliphatic rings. The molecule has 0 radical (unpaired) electrons. The number of hydrogen-bond donors (Lipinski definition) is 2. The fourth-order valence-electron chi connectivity index (χ4n) is 3.79. The Labute approximate surface area is 126 Å². The number of hydrogen-bond acceptors (Lipinski definition) is 3. The van der Waals surface area contributed by atoms with E-state index in [0.29, 0.717) is 13.0 Å². The van der Waals surface area contributed by atoms with Crippen molar-refractivity contribution in [3.63, 3.8) is 0 Å². The van der Waals surface area contributed by atoms with E-state index < -0.39 is 5.97 Å². The number of amides is 1. The minimum absolute atomic E-state index is 0.0113. The molecule has 2 unspecified atom stereocenters. The normalized spacial score (nSPS) is 28.8. The van der Waals surface area contributed by atoms with Crippen LogP contribution in [0.15, 0.2) is 0 Å². The largest absolute Gasteiger partial charge is 0.481 e. The molecule has 0 spiro atoms. The standard InChI is InChI=1S/C16H27NO4/c1-12-9-13(5-8-21-12)17-14(18)10-16(11-15(19)20)6-3-2-4-7-16/h12-13H,2-11H2,1H3,(H,17,18)(H,19,20). The summed E-state index contributed by atoms with van der Waals surface area (Å²) in [5.41, 5.74) is -0.328. The molecule has 2 atom stereocenters. The van der Waals surface area contributed by atoms with Crippen molar-refractivity contribution in [1.82, 2.24) is 5.32 Å². The lowest BCUT2D eigenvalue weighted by Gasteiger charge is -2.36. The van der Waals surface area contributed by atoms with Crippen molar-refractivity contribution in [3.05, 3.63) is 0 Å². The highest BCUT2D eigenvalue weighted by molar-refractivity contribution is 5.78. The molecule has 0 aromatic rings. The Bertz CT molecular complexity index is 376. The fourth-order valence-corrected chi connectivity index (χ4v) is 3.79. The first kappa shape index (κ1) is 16.3. The van der Waals surface area contributed by atoms with Crippen LogP contribution in [-0.4, -0.2) is 35.7 Å². The van der Waals surface area contributed by atoms with Crippen molar-refractivity contribution in [2.75, 3.05) is 6.61 Å². The first-order valence-corrected chi connectivity index (χ1v) is 8.12. The number of carbonyl (C=O) groups excluding carboxylic acids is 1. The first-order valence-electron chi connectivity index (χ1n) is 8.12. The zero-order valence-corrected chi connectivity index (χ0v) is 12.9. The van der Waals surface area contributed by atoms with Crippen molar-refractivity contribution in [3.8, 4) is 0 Å². The maximum absolute atomic E-state index is 12.3. The second kappa shape index (κ2) is 7.25. The molecule has 1 saturated carbocycles. The second-order valence-electron chi connectivity index (χ2n) is 6.78. The number of carboxylic acids is 1. The van der Waals surface area contributed by atoms with Gasteiger partial charge in [-0.1, -0.05) is 19.3 Å². The zero-order valence-electron chi connectivity index (χ0n) is 12.9. The quantitative estimate of drug-likeness (QED) is 0.817. The van der Waals surface area contributed by atoms with Gasteiger partial charge in [0.25, 0.3) is 0 Å². The molecule has 1 aliphatic carbocycles. The third-order valence-electron chi connectivity index (χ3n) is 4.83. The highest BCUT2D eigenvalue weighted by atomic mass is 16.5. The lowest BCUT2D eigenvalue weighted by Crippen LogP contribution is -2.43. The molecular formula is C16H27NO4. The zero-order chi connectivity index (χ0) is 15.3. The van der Waals surface area contributed by atoms with Crippen molar-refractivity contribution >= 4 is 11.9 Å². The van der Waals surface area contributed by atoms with Crippen LogP contribution in [0, 0.1) is 5.41 Å². The van der Waals surface area contributed by atoms with Crippen LogP contribution in [0.2, 0.25) is 0 Å². The van der Waals surface area contributed by atoms with Crippen LogP contribution in [-0.2, 0) is 14.3 Å². The minimum Gasteiger partial charge on any atom is -0.481 e. The third kappa shape index (κ3) is 4.99. The SMILES string of the molecule is CC1CC(NC(=O)CC2(CC(=O)O)CCCCC2)CCO1. The number of carboxylic acid groups (broad SMARTS) is 1. The van der Waals surface area contributed by atoms with E-state index in [0.717, 1.165) is 44.9 Å². The molecule has 5 nitrogen and oxygen atoms in total. The van der Waals surface area contributed by atoms with Crippen LogP contribution in [0.3, 0.4) is 0 Å². The summed E-state index contributed by atoms with van der Waals surface area (Å²) in [4.78, 5) is 23.5. The summed E-state index contributed by atoms with van der Waals surface area (Å²) >= 11 is 0. The van der Waals surface area contributed by atoms with Gasteiger partial charge in [-0.15, -0.1) is 0 Å². The van der Waals surface area contributed by atoms with E-state index in [1.165, 1.54) is 0 Å². The number of carbonyl (C=O) groups is 2. The molecule has 0 aromatic carbocycles. The molecule has 1 saturated heterocycles. The van der Waals surface area contributed by atoms with Gasteiger partial charge in [0, 0.05) is 19.1 Å². The van der Waals surface area contributed by atoms with Gasteiger partial charge < -0.3 is 15.2 Å². The number of aliphatic carboxylic acids is 1. The molecule has 1 heterocycles. The molecule has 0 aromatic heterocycles. The van der Waals surface area contributed by atoms with Crippen LogP contribution < -0.4 is 5.32 Å². The number of ether oxygens (including phenoxy) is 1. The second-order valence-corrected chi connectivity index (χ2v) is 6.78. The van der Waals surface area contributed by atoms with Crippen molar-refractivity contribution in [2.45, 2.75) is 76.9 Å². The molecule has 2 N–H and O–H groups in total. The van der Waals surface area contributed by atoms with E-state index in [1.54, 1.807) is 0 Å². The van der Waals surface area contributed by atoms with Gasteiger partial charge in [0.05, 0.1) is 12.5 Å². The molecule has 120 valence electrons. The maximum atomic E-state index is 12.3. The van der Waals surface area contributed by atoms with Crippen LogP contribution in [0.5, 0.6) is 0 Å². The van der Waals surface area contributed by atoms with Crippen molar-refractivity contribution < 1.29 is 19.4 Å². The Morgan fingerprint density at radius 1 is 1.24 bits per heavy atom. The predicted molar refractivity (Wildman–Crippen MR) is 79.0 cm³/mol. The molecular weight excluding hydrogens is 270 g/mol. The molecule has 1 aliphatic heterocycles. The van der Waals surface area contributed by atoms with E-state index >= 15 is 0 Å². The van der Waals surface area contributed by atoms with E-state index in [-0.39, 0.29) is 29.9 Å². The van der Waals surface area contributed by atoms with Crippen LogP contribution in [0.4, 0.5) is 0 Å². The first-order chi connectivity index (χ1) is 9.99. The smallest absolute Gasteiger partial charge is 0.303 e. The summed E-state index contributed by atoms with van der Waals surface area (Å²) in [5, 5.41) is 12.2. The van der Waals surface area contributed by atoms with Gasteiger partial charge in [0.1, 0.15) is 0 Å². The average Bonchev–Trinajstić information content (AvgIpc) is 2.38. The predicted octanol–water partition coefficient (Wildman–Crippen LogP) is 2.49. The minimum atomic E-state index is -0.788. The topological polar surface area (TPSA) is 75.6 Å². The lowest BCUT2D eigenvalue weighted by molar-refractivity contribution is -0.141. The summed E-state index contributed by atoms with van der Waals surface area (Å²) in [7, 11) is 0. The maximum Gasteiger partial charge on any atom is 0.303 e. The number of nitrogens with one attached hydrogen (secondary N) is 1. The van der Waals surface area contributed by atoms with Crippen molar-refractivity contribution in [2.24, 2.45) is 5.41 Å². The average molecular weight is 297 g/mol. The van der Waals surface area contributed by atoms with Gasteiger partial charge in [-0.05, 0) is 38.0 Å². The van der Waals surface area contributed by atoms with Crippen molar-refractivity contribution in [1.29, 1.82) is 0 Å². The fraction of sp³-hybridized carbons (Fsp3) is 0.875. The Morgan fingerprint density at radius 3 is 2.57 bits per heavy atom. The summed E-state index contributed by atoms with van der Waals surface area (Å²) < 4.78 is 5.48. The monoisotopic (exact) mass is 297 g/mol. The van der Waals surface area contributed by atoms with Crippen LogP contribution in [0.25, 0.3) is 0 Å². The van der Waals surface area contributed by atoms with Crippen LogP contribution >= 0.6 is 0 Å². The summed E-state index contributed by atoms with van der Waals surface area (Å²) in [6.07, 6.45) is 7.29. The molecule has 2 fully saturated rings. The molecule has 21 heavy (non-hydrogen) atoms. The molecule has 5 heteroatoms. The third-order valence-corrected chi connectivity index (χ3v) is 4.83. The van der Waals surface area contributed by atoms with E-state index in [9.17, 15) is 9.59 Å². The molecule has 2 rings (SSSR count). The molecule has 0 bridgehead atoms.